The lowest BCUT2D eigenvalue weighted by Gasteiger charge is -2.12. The van der Waals surface area contributed by atoms with Gasteiger partial charge in [0, 0.05) is 6.42 Å². The van der Waals surface area contributed by atoms with Crippen molar-refractivity contribution in [1.82, 2.24) is 5.32 Å². The molecule has 0 aliphatic rings. The van der Waals surface area contributed by atoms with Gasteiger partial charge in [-0.25, -0.2) is 4.39 Å². The summed E-state index contributed by atoms with van der Waals surface area (Å²) >= 11 is 0. The Bertz CT molecular complexity index is 480. The summed E-state index contributed by atoms with van der Waals surface area (Å²) in [5.74, 6) is -1.87. The SMILES string of the molecule is CNC(CCOc1ccc(F)cc1[N+](=O)[O-])C(=O)O. The summed E-state index contributed by atoms with van der Waals surface area (Å²) in [6.07, 6.45) is 0.125. The van der Waals surface area contributed by atoms with Crippen LogP contribution < -0.4 is 10.1 Å². The number of halogens is 1. The van der Waals surface area contributed by atoms with Crippen LogP contribution in [-0.4, -0.2) is 35.7 Å². The van der Waals surface area contributed by atoms with Crippen LogP contribution in [-0.2, 0) is 4.79 Å². The van der Waals surface area contributed by atoms with Crippen molar-refractivity contribution >= 4 is 11.7 Å². The average molecular weight is 272 g/mol. The number of nitro groups is 1. The number of nitrogens with zero attached hydrogens (tertiary/aromatic N) is 1. The van der Waals surface area contributed by atoms with Crippen LogP contribution in [0.15, 0.2) is 18.2 Å². The molecule has 0 spiro atoms. The van der Waals surface area contributed by atoms with E-state index in [0.29, 0.717) is 0 Å². The van der Waals surface area contributed by atoms with Crippen molar-refractivity contribution in [3.63, 3.8) is 0 Å². The standard InChI is InChI=1S/C11H13FN2O5/c1-13-8(11(15)16)4-5-19-10-3-2-7(12)6-9(10)14(17)18/h2-3,6,8,13H,4-5H2,1H3,(H,15,16). The molecule has 1 rings (SSSR count). The Morgan fingerprint density at radius 1 is 1.63 bits per heavy atom. The van der Waals surface area contributed by atoms with Crippen LogP contribution in [0, 0.1) is 15.9 Å². The van der Waals surface area contributed by atoms with Gasteiger partial charge < -0.3 is 15.2 Å². The quantitative estimate of drug-likeness (QED) is 0.570. The highest BCUT2D eigenvalue weighted by Crippen LogP contribution is 2.27. The number of hydrogen-bond acceptors (Lipinski definition) is 5. The second-order valence-electron chi connectivity index (χ2n) is 3.69. The lowest BCUT2D eigenvalue weighted by Crippen LogP contribution is -2.35. The zero-order valence-corrected chi connectivity index (χ0v) is 10.1. The first-order chi connectivity index (χ1) is 8.95. The van der Waals surface area contributed by atoms with Crippen molar-refractivity contribution in [2.45, 2.75) is 12.5 Å². The Morgan fingerprint density at radius 2 is 2.32 bits per heavy atom. The lowest BCUT2D eigenvalue weighted by molar-refractivity contribution is -0.386. The molecule has 0 bridgehead atoms. The maximum atomic E-state index is 12.9. The summed E-state index contributed by atoms with van der Waals surface area (Å²) in [7, 11) is 1.49. The number of rotatable bonds is 7. The van der Waals surface area contributed by atoms with Crippen molar-refractivity contribution in [3.05, 3.63) is 34.1 Å². The molecule has 0 aliphatic heterocycles. The van der Waals surface area contributed by atoms with Gasteiger partial charge in [0.05, 0.1) is 17.6 Å². The number of aliphatic carboxylic acids is 1. The predicted octanol–water partition coefficient (Wildman–Crippen LogP) is 1.18. The summed E-state index contributed by atoms with van der Waals surface area (Å²) in [4.78, 5) is 20.6. The number of nitrogens with one attached hydrogen (secondary N) is 1. The minimum atomic E-state index is -1.04. The van der Waals surface area contributed by atoms with E-state index in [2.05, 4.69) is 5.32 Å². The fourth-order valence-electron chi connectivity index (χ4n) is 1.43. The average Bonchev–Trinajstić information content (AvgIpc) is 2.35. The molecule has 0 saturated carbocycles. The third-order valence-electron chi connectivity index (χ3n) is 2.43. The first kappa shape index (κ1) is 14.8. The Morgan fingerprint density at radius 3 is 2.84 bits per heavy atom. The van der Waals surface area contributed by atoms with E-state index in [0.717, 1.165) is 18.2 Å². The number of hydrogen-bond donors (Lipinski definition) is 2. The predicted molar refractivity (Wildman–Crippen MR) is 63.6 cm³/mol. The fraction of sp³-hybridized carbons (Fsp3) is 0.364. The van der Waals surface area contributed by atoms with Gasteiger partial charge in [-0.1, -0.05) is 0 Å². The van der Waals surface area contributed by atoms with Gasteiger partial charge in [-0.15, -0.1) is 0 Å². The largest absolute Gasteiger partial charge is 0.487 e. The molecule has 1 aromatic carbocycles. The van der Waals surface area contributed by atoms with Crippen LogP contribution in [0.2, 0.25) is 0 Å². The van der Waals surface area contributed by atoms with Crippen molar-refractivity contribution in [1.29, 1.82) is 0 Å². The Hall–Kier alpha value is -2.22. The van der Waals surface area contributed by atoms with Crippen molar-refractivity contribution in [3.8, 4) is 5.75 Å². The molecule has 8 heteroatoms. The summed E-state index contributed by atoms with van der Waals surface area (Å²) < 4.78 is 18.0. The molecule has 1 aromatic rings. The normalized spacial score (nSPS) is 11.9. The van der Waals surface area contributed by atoms with Crippen molar-refractivity contribution in [2.75, 3.05) is 13.7 Å². The van der Waals surface area contributed by atoms with Gasteiger partial charge in [0.2, 0.25) is 0 Å². The molecular formula is C11H13FN2O5. The van der Waals surface area contributed by atoms with Crippen LogP contribution >= 0.6 is 0 Å². The van der Waals surface area contributed by atoms with Crippen LogP contribution in [0.4, 0.5) is 10.1 Å². The second-order valence-corrected chi connectivity index (χ2v) is 3.69. The number of carbonyl (C=O) groups is 1. The minimum Gasteiger partial charge on any atom is -0.487 e. The molecule has 1 atom stereocenters. The molecule has 7 nitrogen and oxygen atoms in total. The molecule has 0 saturated heterocycles. The van der Waals surface area contributed by atoms with Crippen LogP contribution in [0.3, 0.4) is 0 Å². The third-order valence-corrected chi connectivity index (χ3v) is 2.43. The minimum absolute atomic E-state index is 0.0374. The van der Waals surface area contributed by atoms with E-state index >= 15 is 0 Å². The molecule has 0 fully saturated rings. The van der Waals surface area contributed by atoms with Gasteiger partial charge in [0.15, 0.2) is 5.75 Å². The zero-order chi connectivity index (χ0) is 14.4. The van der Waals surface area contributed by atoms with E-state index in [4.69, 9.17) is 9.84 Å². The maximum Gasteiger partial charge on any atom is 0.320 e. The molecular weight excluding hydrogens is 259 g/mol. The van der Waals surface area contributed by atoms with Crippen LogP contribution in [0.5, 0.6) is 5.75 Å². The molecule has 0 radical (unpaired) electrons. The smallest absolute Gasteiger partial charge is 0.320 e. The van der Waals surface area contributed by atoms with E-state index in [1.165, 1.54) is 7.05 Å². The van der Waals surface area contributed by atoms with Gasteiger partial charge in [0.25, 0.3) is 0 Å². The molecule has 19 heavy (non-hydrogen) atoms. The summed E-state index contributed by atoms with van der Waals surface area (Å²) in [6.45, 7) is -0.0374. The third kappa shape index (κ3) is 4.18. The zero-order valence-electron chi connectivity index (χ0n) is 10.1. The van der Waals surface area contributed by atoms with E-state index in [1.54, 1.807) is 0 Å². The molecule has 0 aromatic heterocycles. The summed E-state index contributed by atoms with van der Waals surface area (Å²) in [5, 5.41) is 22.0. The van der Waals surface area contributed by atoms with Crippen LogP contribution in [0.1, 0.15) is 6.42 Å². The van der Waals surface area contributed by atoms with Gasteiger partial charge in [-0.05, 0) is 19.2 Å². The van der Waals surface area contributed by atoms with Crippen molar-refractivity contribution < 1.29 is 24.0 Å². The topological polar surface area (TPSA) is 102 Å². The number of carboxylic acids is 1. The first-order valence-electron chi connectivity index (χ1n) is 5.42. The lowest BCUT2D eigenvalue weighted by atomic mass is 10.2. The molecule has 0 heterocycles. The molecule has 2 N–H and O–H groups in total. The van der Waals surface area contributed by atoms with Gasteiger partial charge in [-0.3, -0.25) is 14.9 Å². The van der Waals surface area contributed by atoms with Gasteiger partial charge in [-0.2, -0.15) is 0 Å². The van der Waals surface area contributed by atoms with E-state index < -0.39 is 28.4 Å². The van der Waals surface area contributed by atoms with E-state index in [9.17, 15) is 19.3 Å². The monoisotopic (exact) mass is 272 g/mol. The fourth-order valence-corrected chi connectivity index (χ4v) is 1.43. The highest BCUT2D eigenvalue weighted by atomic mass is 19.1. The Labute approximate surface area is 108 Å². The number of nitro benzene ring substituents is 1. The van der Waals surface area contributed by atoms with Gasteiger partial charge in [0.1, 0.15) is 11.9 Å². The summed E-state index contributed by atoms with van der Waals surface area (Å²) in [5.41, 5.74) is -0.490. The molecule has 104 valence electrons. The highest BCUT2D eigenvalue weighted by molar-refractivity contribution is 5.73. The molecule has 0 aliphatic carbocycles. The number of benzene rings is 1. The van der Waals surface area contributed by atoms with Crippen molar-refractivity contribution in [2.24, 2.45) is 0 Å². The van der Waals surface area contributed by atoms with E-state index in [1.807, 2.05) is 0 Å². The number of ether oxygens (including phenoxy) is 1. The summed E-state index contributed by atoms with van der Waals surface area (Å²) in [6, 6.07) is 2.12. The van der Waals surface area contributed by atoms with E-state index in [-0.39, 0.29) is 18.8 Å². The number of carboxylic acid groups (broad SMARTS) is 1. The van der Waals surface area contributed by atoms with Crippen LogP contribution in [0.25, 0.3) is 0 Å². The Kier molecular flexibility index (Phi) is 5.19. The molecule has 0 amide bonds. The first-order valence-corrected chi connectivity index (χ1v) is 5.42. The highest BCUT2D eigenvalue weighted by Gasteiger charge is 2.18. The van der Waals surface area contributed by atoms with Gasteiger partial charge >= 0.3 is 11.7 Å². The Balaban J connectivity index is 2.68. The second kappa shape index (κ2) is 6.64. The molecule has 1 unspecified atom stereocenters. The maximum absolute atomic E-state index is 12.9. The number of likely N-dealkylation sites (N-methyl/N-ethyl adjacent to an activating group) is 1.